The van der Waals surface area contributed by atoms with Gasteiger partial charge in [-0.25, -0.2) is 9.36 Å². The van der Waals surface area contributed by atoms with E-state index < -0.39 is 43.3 Å². The first kappa shape index (κ1) is 23.5. The fourth-order valence-corrected chi connectivity index (χ4v) is 4.61. The molecule has 0 aliphatic carbocycles. The number of phenolic OH excluding ortho intramolecular Hbond substituents is 1. The molecule has 2 heterocycles. The third-order valence-corrected chi connectivity index (χ3v) is 6.50. The number of carbonyl (C=O) groups is 1. The number of hydrogen-bond acceptors (Lipinski definition) is 8. The number of rotatable bonds is 8. The van der Waals surface area contributed by atoms with E-state index in [0.29, 0.717) is 11.1 Å². The van der Waals surface area contributed by atoms with Gasteiger partial charge in [-0.05, 0) is 31.2 Å². The number of Topliss-reactive ketones (excluding diaryl/α,β-unsaturated/α-hetero) is 1. The molecule has 13 heteroatoms. The van der Waals surface area contributed by atoms with Crippen molar-refractivity contribution in [2.45, 2.75) is 30.9 Å². The summed E-state index contributed by atoms with van der Waals surface area (Å²) in [6.07, 6.45) is -0.0285. The lowest BCUT2D eigenvalue weighted by molar-refractivity contribution is -0.0236. The van der Waals surface area contributed by atoms with Crippen LogP contribution in [0.2, 0.25) is 0 Å². The summed E-state index contributed by atoms with van der Waals surface area (Å²) in [4.78, 5) is 56.4. The summed E-state index contributed by atoms with van der Waals surface area (Å²) in [5.74, 6) is -0.134. The second kappa shape index (κ2) is 9.51. The molecule has 0 unspecified atom stereocenters. The summed E-state index contributed by atoms with van der Waals surface area (Å²) in [5.41, 5.74) is -0.506. The number of phenols is 1. The van der Waals surface area contributed by atoms with Crippen molar-refractivity contribution in [3.05, 3.63) is 62.4 Å². The van der Waals surface area contributed by atoms with Crippen LogP contribution in [-0.4, -0.2) is 53.9 Å². The lowest BCUT2D eigenvalue weighted by Crippen LogP contribution is -2.33. The Hall–Kier alpha value is -2.21. The van der Waals surface area contributed by atoms with Crippen LogP contribution in [0.4, 0.5) is 0 Å². The minimum Gasteiger partial charge on any atom is -0.508 e. The van der Waals surface area contributed by atoms with Gasteiger partial charge in [0.2, 0.25) is 0 Å². The normalized spacial score (nSPS) is 21.3. The van der Waals surface area contributed by atoms with Gasteiger partial charge in [0.05, 0.1) is 18.5 Å². The number of thioether (sulfide) groups is 1. The van der Waals surface area contributed by atoms with Crippen molar-refractivity contribution in [2.75, 3.05) is 12.4 Å². The van der Waals surface area contributed by atoms with Gasteiger partial charge in [-0.15, -0.1) is 11.8 Å². The SMILES string of the molecule is Cc1cn([C@H]2C[C@H](SCC(=O)c3ccc(O)cc3)[C@@H](COP(=O)(O)O)O2)c(=O)[nH]c1=O. The maximum atomic E-state index is 12.4. The van der Waals surface area contributed by atoms with Crippen molar-refractivity contribution in [2.24, 2.45) is 0 Å². The number of aromatic nitrogens is 2. The zero-order valence-corrected chi connectivity index (χ0v) is 18.0. The van der Waals surface area contributed by atoms with Gasteiger partial charge in [0.15, 0.2) is 5.78 Å². The Morgan fingerprint density at radius 1 is 1.32 bits per heavy atom. The Kier molecular flexibility index (Phi) is 7.20. The quantitative estimate of drug-likeness (QED) is 0.320. The maximum Gasteiger partial charge on any atom is 0.469 e. The van der Waals surface area contributed by atoms with Gasteiger partial charge in [0.1, 0.15) is 12.0 Å². The molecule has 0 saturated carbocycles. The van der Waals surface area contributed by atoms with Crippen molar-refractivity contribution in [3.8, 4) is 5.75 Å². The number of aryl methyl sites for hydroxylation is 1. The van der Waals surface area contributed by atoms with Crippen LogP contribution in [0.1, 0.15) is 28.6 Å². The molecule has 0 radical (unpaired) electrons. The first-order valence-corrected chi connectivity index (χ1v) is 11.7. The molecule has 3 rings (SSSR count). The number of aromatic hydroxyl groups is 1. The van der Waals surface area contributed by atoms with Crippen LogP contribution in [0.3, 0.4) is 0 Å². The van der Waals surface area contributed by atoms with Crippen LogP contribution in [0.15, 0.2) is 40.1 Å². The van der Waals surface area contributed by atoms with Crippen LogP contribution in [0.5, 0.6) is 5.75 Å². The number of nitrogens with one attached hydrogen (secondary N) is 1. The summed E-state index contributed by atoms with van der Waals surface area (Å²) in [7, 11) is -4.75. The average Bonchev–Trinajstić information content (AvgIpc) is 3.10. The molecular weight excluding hydrogens is 451 g/mol. The Balaban J connectivity index is 1.75. The number of carbonyl (C=O) groups excluding carboxylic acids is 1. The second-order valence-electron chi connectivity index (χ2n) is 6.95. The number of aromatic amines is 1. The first-order chi connectivity index (χ1) is 14.5. The largest absolute Gasteiger partial charge is 0.508 e. The van der Waals surface area contributed by atoms with E-state index in [1.54, 1.807) is 0 Å². The molecule has 1 aromatic heterocycles. The highest BCUT2D eigenvalue weighted by molar-refractivity contribution is 8.00. The van der Waals surface area contributed by atoms with Gasteiger partial charge in [-0.2, -0.15) is 0 Å². The number of nitrogens with zero attached hydrogens (tertiary/aromatic N) is 1. The number of phosphoric acid groups is 1. The number of phosphoric ester groups is 1. The molecule has 11 nitrogen and oxygen atoms in total. The average molecular weight is 472 g/mol. The van der Waals surface area contributed by atoms with Crippen molar-refractivity contribution in [1.29, 1.82) is 0 Å². The van der Waals surface area contributed by atoms with Gasteiger partial charge >= 0.3 is 13.5 Å². The molecular formula is C18H21N2O9PS. The zero-order valence-electron chi connectivity index (χ0n) is 16.3. The lowest BCUT2D eigenvalue weighted by Gasteiger charge is -2.18. The Labute approximate surface area is 180 Å². The van der Waals surface area contributed by atoms with E-state index in [2.05, 4.69) is 9.51 Å². The Morgan fingerprint density at radius 2 is 2.00 bits per heavy atom. The topological polar surface area (TPSA) is 168 Å². The molecule has 4 N–H and O–H groups in total. The number of ketones is 1. The number of ether oxygens (including phenoxy) is 1. The molecule has 1 aromatic carbocycles. The summed E-state index contributed by atoms with van der Waals surface area (Å²) in [6, 6.07) is 5.77. The van der Waals surface area contributed by atoms with Gasteiger partial charge in [-0.3, -0.25) is 23.7 Å². The summed E-state index contributed by atoms with van der Waals surface area (Å²) in [6.45, 7) is 1.09. The van der Waals surface area contributed by atoms with E-state index in [0.717, 1.165) is 0 Å². The van der Waals surface area contributed by atoms with Crippen LogP contribution >= 0.6 is 19.6 Å². The smallest absolute Gasteiger partial charge is 0.469 e. The van der Waals surface area contributed by atoms with Crippen LogP contribution < -0.4 is 11.2 Å². The molecule has 3 atom stereocenters. The highest BCUT2D eigenvalue weighted by Gasteiger charge is 2.38. The Morgan fingerprint density at radius 3 is 2.65 bits per heavy atom. The summed E-state index contributed by atoms with van der Waals surface area (Å²) in [5, 5.41) is 8.92. The van der Waals surface area contributed by atoms with Crippen molar-refractivity contribution >= 4 is 25.4 Å². The van der Waals surface area contributed by atoms with E-state index in [9.17, 15) is 24.1 Å². The molecule has 2 aromatic rings. The van der Waals surface area contributed by atoms with E-state index in [-0.39, 0.29) is 23.7 Å². The van der Waals surface area contributed by atoms with E-state index in [1.165, 1.54) is 53.7 Å². The van der Waals surface area contributed by atoms with Gasteiger partial charge < -0.3 is 19.6 Å². The van der Waals surface area contributed by atoms with Gasteiger partial charge in [0, 0.05) is 29.0 Å². The number of benzene rings is 1. The fourth-order valence-electron chi connectivity index (χ4n) is 3.08. The molecule has 0 spiro atoms. The highest BCUT2D eigenvalue weighted by Crippen LogP contribution is 2.41. The monoisotopic (exact) mass is 472 g/mol. The second-order valence-corrected chi connectivity index (χ2v) is 9.42. The third-order valence-electron chi connectivity index (χ3n) is 4.66. The molecule has 1 saturated heterocycles. The molecule has 0 amide bonds. The fraction of sp³-hybridized carbons (Fsp3) is 0.389. The number of H-pyrrole nitrogens is 1. The first-order valence-electron chi connectivity index (χ1n) is 9.15. The minimum atomic E-state index is -4.75. The minimum absolute atomic E-state index is 0.0347. The molecule has 1 aliphatic heterocycles. The third kappa shape index (κ3) is 6.16. The standard InChI is InChI=1S/C18H21N2O9PS/c1-10-7-20(18(24)19-17(10)23)16-6-15(14(29-16)8-28-30(25,26)27)31-9-13(22)11-2-4-12(21)5-3-11/h2-5,7,14-16,21H,6,8-9H2,1H3,(H,19,23,24)(H2,25,26,27)/t14-,15+,16-/m1/s1. The van der Waals surface area contributed by atoms with Gasteiger partial charge in [-0.1, -0.05) is 0 Å². The molecule has 168 valence electrons. The highest BCUT2D eigenvalue weighted by atomic mass is 32.2. The summed E-state index contributed by atoms with van der Waals surface area (Å²) < 4.78 is 22.7. The van der Waals surface area contributed by atoms with Crippen LogP contribution in [0, 0.1) is 6.92 Å². The lowest BCUT2D eigenvalue weighted by atomic mass is 10.1. The van der Waals surface area contributed by atoms with E-state index in [1.807, 2.05) is 0 Å². The Bertz CT molecular complexity index is 1110. The molecule has 1 aliphatic rings. The molecule has 0 bridgehead atoms. The van der Waals surface area contributed by atoms with E-state index in [4.69, 9.17) is 14.5 Å². The van der Waals surface area contributed by atoms with Crippen molar-refractivity contribution in [1.82, 2.24) is 9.55 Å². The van der Waals surface area contributed by atoms with Crippen molar-refractivity contribution in [3.63, 3.8) is 0 Å². The molecule has 1 fully saturated rings. The number of hydrogen-bond donors (Lipinski definition) is 4. The molecule has 31 heavy (non-hydrogen) atoms. The zero-order chi connectivity index (χ0) is 22.8. The maximum absolute atomic E-state index is 12.4. The van der Waals surface area contributed by atoms with Crippen LogP contribution in [0.25, 0.3) is 0 Å². The predicted octanol–water partition coefficient (Wildman–Crippen LogP) is 0.932. The van der Waals surface area contributed by atoms with E-state index >= 15 is 0 Å². The summed E-state index contributed by atoms with van der Waals surface area (Å²) >= 11 is 1.20. The predicted molar refractivity (Wildman–Crippen MR) is 111 cm³/mol. The van der Waals surface area contributed by atoms with Crippen molar-refractivity contribution < 1.29 is 33.5 Å². The van der Waals surface area contributed by atoms with Crippen LogP contribution in [-0.2, 0) is 13.8 Å². The van der Waals surface area contributed by atoms with Gasteiger partial charge in [0.25, 0.3) is 5.56 Å².